The Labute approximate surface area is 159 Å². The van der Waals surface area contributed by atoms with Gasteiger partial charge in [-0.05, 0) is 26.3 Å². The molecule has 1 heterocycles. The van der Waals surface area contributed by atoms with Gasteiger partial charge in [-0.25, -0.2) is 0 Å². The minimum atomic E-state index is -4.18. The molecule has 1 fully saturated rings. The van der Waals surface area contributed by atoms with Gasteiger partial charge in [-0.1, -0.05) is 6.92 Å². The smallest absolute Gasteiger partial charge is 0.355 e. The zero-order valence-corrected chi connectivity index (χ0v) is 16.5. The van der Waals surface area contributed by atoms with E-state index in [1.165, 1.54) is 11.9 Å². The fourth-order valence-electron chi connectivity index (χ4n) is 2.90. The summed E-state index contributed by atoms with van der Waals surface area (Å²) in [5.74, 6) is 0.651. The van der Waals surface area contributed by atoms with Crippen molar-refractivity contribution < 1.29 is 18.0 Å². The van der Waals surface area contributed by atoms with Gasteiger partial charge in [0, 0.05) is 45.8 Å². The topological polar surface area (TPSA) is 72.0 Å². The van der Waals surface area contributed by atoms with Crippen molar-refractivity contribution in [1.82, 2.24) is 25.8 Å². The first kappa shape index (κ1) is 23.5. The van der Waals surface area contributed by atoms with E-state index in [9.17, 15) is 18.0 Å². The molecule has 158 valence electrons. The second kappa shape index (κ2) is 12.0. The molecule has 1 aliphatic heterocycles. The molecule has 0 atom stereocenters. The Morgan fingerprint density at radius 1 is 1.22 bits per heavy atom. The molecule has 1 aliphatic rings. The summed E-state index contributed by atoms with van der Waals surface area (Å²) in [5.41, 5.74) is 0. The van der Waals surface area contributed by atoms with Crippen LogP contribution in [0.3, 0.4) is 0 Å². The summed E-state index contributed by atoms with van der Waals surface area (Å²) < 4.78 is 36.9. The molecule has 3 N–H and O–H groups in total. The lowest BCUT2D eigenvalue weighted by Gasteiger charge is -2.32. The van der Waals surface area contributed by atoms with Crippen LogP contribution in [0, 0.1) is 0 Å². The van der Waals surface area contributed by atoms with E-state index in [1.54, 1.807) is 7.05 Å². The second-order valence-corrected chi connectivity index (χ2v) is 6.90. The number of guanidine groups is 1. The van der Waals surface area contributed by atoms with Gasteiger partial charge in [0.25, 0.3) is 0 Å². The minimum Gasteiger partial charge on any atom is -0.355 e. The Bertz CT molecular complexity index is 464. The number of alkyl halides is 3. The average molecular weight is 394 g/mol. The molecule has 0 aromatic rings. The van der Waals surface area contributed by atoms with Crippen LogP contribution >= 0.6 is 0 Å². The van der Waals surface area contributed by atoms with Gasteiger partial charge in [0.15, 0.2) is 5.96 Å². The standard InChI is InChI=1S/C17H33F3N6O/c1-4-7-22-15(27)12-26-9-5-14(6-10-26)24-16(21-2)23-8-11-25(3)13-17(18,19)20/h14H,4-13H2,1-3H3,(H,22,27)(H2,21,23,24). The number of hydrogen-bond acceptors (Lipinski definition) is 4. The fraction of sp³-hybridized carbons (Fsp3) is 0.882. The third-order valence-corrected chi connectivity index (χ3v) is 4.33. The van der Waals surface area contributed by atoms with Crippen LogP contribution in [0.5, 0.6) is 0 Å². The number of halogens is 3. The maximum atomic E-state index is 12.3. The number of nitrogens with zero attached hydrogens (tertiary/aromatic N) is 3. The first-order chi connectivity index (χ1) is 12.7. The molecule has 0 aliphatic carbocycles. The maximum Gasteiger partial charge on any atom is 0.401 e. The molecule has 0 bridgehead atoms. The highest BCUT2D eigenvalue weighted by Crippen LogP contribution is 2.15. The number of likely N-dealkylation sites (N-methyl/N-ethyl adjacent to an activating group) is 1. The summed E-state index contributed by atoms with van der Waals surface area (Å²) in [7, 11) is 3.08. The Morgan fingerprint density at radius 2 is 1.89 bits per heavy atom. The Kier molecular flexibility index (Phi) is 10.5. The number of carbonyl (C=O) groups is 1. The van der Waals surface area contributed by atoms with Crippen molar-refractivity contribution >= 4 is 11.9 Å². The highest BCUT2D eigenvalue weighted by molar-refractivity contribution is 5.80. The number of nitrogens with one attached hydrogen (secondary N) is 3. The Morgan fingerprint density at radius 3 is 2.44 bits per heavy atom. The molecule has 1 amide bonds. The van der Waals surface area contributed by atoms with Crippen molar-refractivity contribution in [1.29, 1.82) is 0 Å². The molecule has 0 aromatic carbocycles. The Hall–Kier alpha value is -1.55. The van der Waals surface area contributed by atoms with E-state index >= 15 is 0 Å². The summed E-state index contributed by atoms with van der Waals surface area (Å²) in [6.45, 7) is 4.51. The first-order valence-corrected chi connectivity index (χ1v) is 9.45. The number of rotatable bonds is 9. The first-order valence-electron chi connectivity index (χ1n) is 9.45. The SMILES string of the molecule is CCCNC(=O)CN1CCC(NC(=NC)NCCN(C)CC(F)(F)F)CC1. The molecule has 1 saturated heterocycles. The van der Waals surface area contributed by atoms with Crippen molar-refractivity contribution in [3.8, 4) is 0 Å². The maximum absolute atomic E-state index is 12.3. The predicted molar refractivity (Wildman–Crippen MR) is 101 cm³/mol. The highest BCUT2D eigenvalue weighted by Gasteiger charge is 2.29. The van der Waals surface area contributed by atoms with Crippen LogP contribution < -0.4 is 16.0 Å². The number of likely N-dealkylation sites (tertiary alicyclic amines) is 1. The van der Waals surface area contributed by atoms with E-state index in [-0.39, 0.29) is 18.5 Å². The predicted octanol–water partition coefficient (Wildman–Crippen LogP) is 0.636. The lowest BCUT2D eigenvalue weighted by molar-refractivity contribution is -0.142. The van der Waals surface area contributed by atoms with Crippen LogP contribution in [0.15, 0.2) is 4.99 Å². The van der Waals surface area contributed by atoms with Crippen LogP contribution in [0.25, 0.3) is 0 Å². The Balaban J connectivity index is 2.24. The summed E-state index contributed by atoms with van der Waals surface area (Å²) in [6, 6.07) is 0.235. The van der Waals surface area contributed by atoms with Crippen molar-refractivity contribution in [2.45, 2.75) is 38.4 Å². The quantitative estimate of drug-likeness (QED) is 0.395. The summed E-state index contributed by atoms with van der Waals surface area (Å²) in [4.78, 5) is 19.2. The number of piperidine rings is 1. The summed E-state index contributed by atoms with van der Waals surface area (Å²) in [5, 5.41) is 9.24. The van der Waals surface area contributed by atoms with Crippen LogP contribution in [-0.4, -0.2) is 93.8 Å². The average Bonchev–Trinajstić information content (AvgIpc) is 2.59. The highest BCUT2D eigenvalue weighted by atomic mass is 19.4. The molecule has 0 saturated carbocycles. The molecule has 0 aromatic heterocycles. The van der Waals surface area contributed by atoms with Gasteiger partial charge >= 0.3 is 6.18 Å². The van der Waals surface area contributed by atoms with Gasteiger partial charge in [-0.15, -0.1) is 0 Å². The van der Waals surface area contributed by atoms with Crippen molar-refractivity contribution in [2.24, 2.45) is 4.99 Å². The van der Waals surface area contributed by atoms with Gasteiger partial charge in [0.05, 0.1) is 13.1 Å². The second-order valence-electron chi connectivity index (χ2n) is 6.90. The van der Waals surface area contributed by atoms with Crippen molar-refractivity contribution in [2.75, 3.05) is 59.9 Å². The van der Waals surface area contributed by atoms with E-state index in [0.29, 0.717) is 25.6 Å². The van der Waals surface area contributed by atoms with E-state index in [1.807, 2.05) is 6.92 Å². The van der Waals surface area contributed by atoms with E-state index in [2.05, 4.69) is 25.8 Å². The normalized spacial score (nSPS) is 17.2. The minimum absolute atomic E-state index is 0.0590. The zero-order valence-electron chi connectivity index (χ0n) is 16.5. The van der Waals surface area contributed by atoms with Crippen LogP contribution in [-0.2, 0) is 4.79 Å². The van der Waals surface area contributed by atoms with Crippen LogP contribution in [0.4, 0.5) is 13.2 Å². The van der Waals surface area contributed by atoms with E-state index in [4.69, 9.17) is 0 Å². The number of amides is 1. The fourth-order valence-corrected chi connectivity index (χ4v) is 2.90. The van der Waals surface area contributed by atoms with Crippen molar-refractivity contribution in [3.63, 3.8) is 0 Å². The van der Waals surface area contributed by atoms with Gasteiger partial charge in [0.1, 0.15) is 0 Å². The summed E-state index contributed by atoms with van der Waals surface area (Å²) >= 11 is 0. The molecule has 27 heavy (non-hydrogen) atoms. The molecular formula is C17H33F3N6O. The molecule has 0 unspecified atom stereocenters. The van der Waals surface area contributed by atoms with E-state index < -0.39 is 12.7 Å². The molecule has 7 nitrogen and oxygen atoms in total. The molecular weight excluding hydrogens is 361 g/mol. The molecule has 0 radical (unpaired) electrons. The third kappa shape index (κ3) is 11.0. The monoisotopic (exact) mass is 394 g/mol. The summed E-state index contributed by atoms with van der Waals surface area (Å²) in [6.07, 6.45) is -1.49. The largest absolute Gasteiger partial charge is 0.401 e. The zero-order chi connectivity index (χ0) is 20.3. The van der Waals surface area contributed by atoms with Crippen molar-refractivity contribution in [3.05, 3.63) is 0 Å². The number of hydrogen-bond donors (Lipinski definition) is 3. The molecule has 0 spiro atoms. The van der Waals surface area contributed by atoms with Gasteiger partial charge < -0.3 is 16.0 Å². The number of aliphatic imine (C=N–C) groups is 1. The lowest BCUT2D eigenvalue weighted by atomic mass is 10.1. The third-order valence-electron chi connectivity index (χ3n) is 4.33. The van der Waals surface area contributed by atoms with Gasteiger partial charge in [-0.2, -0.15) is 13.2 Å². The van der Waals surface area contributed by atoms with Gasteiger partial charge in [-0.3, -0.25) is 19.6 Å². The lowest BCUT2D eigenvalue weighted by Crippen LogP contribution is -2.51. The van der Waals surface area contributed by atoms with E-state index in [0.717, 1.165) is 32.4 Å². The van der Waals surface area contributed by atoms with Crippen LogP contribution in [0.1, 0.15) is 26.2 Å². The number of carbonyl (C=O) groups excluding carboxylic acids is 1. The van der Waals surface area contributed by atoms with Gasteiger partial charge in [0.2, 0.25) is 5.91 Å². The van der Waals surface area contributed by atoms with Crippen LogP contribution in [0.2, 0.25) is 0 Å². The molecule has 10 heteroatoms. The molecule has 1 rings (SSSR count).